The summed E-state index contributed by atoms with van der Waals surface area (Å²) >= 11 is 0. The summed E-state index contributed by atoms with van der Waals surface area (Å²) in [5.74, 6) is 1.81. The molecule has 2 N–H and O–H groups in total. The Balaban J connectivity index is 1.17. The number of anilines is 1. The van der Waals surface area contributed by atoms with Gasteiger partial charge in [-0.1, -0.05) is 129 Å². The van der Waals surface area contributed by atoms with Crippen molar-refractivity contribution in [3.8, 4) is 45.3 Å². The van der Waals surface area contributed by atoms with Crippen molar-refractivity contribution in [1.82, 2.24) is 15.0 Å². The molecule has 0 saturated heterocycles. The van der Waals surface area contributed by atoms with Crippen LogP contribution in [0.2, 0.25) is 0 Å². The van der Waals surface area contributed by atoms with Crippen LogP contribution in [-0.2, 0) is 5.41 Å². The zero-order chi connectivity index (χ0) is 33.8. The number of nitrogens with one attached hydrogen (secondary N) is 2. The van der Waals surface area contributed by atoms with E-state index in [2.05, 4.69) is 97.2 Å². The number of hydrazone groups is 1. The highest BCUT2D eigenvalue weighted by Gasteiger charge is 2.35. The second kappa shape index (κ2) is 11.6. The van der Waals surface area contributed by atoms with Gasteiger partial charge < -0.3 is 0 Å². The molecule has 0 saturated carbocycles. The fourth-order valence-corrected chi connectivity index (χ4v) is 7.20. The van der Waals surface area contributed by atoms with E-state index in [9.17, 15) is 5.41 Å². The van der Waals surface area contributed by atoms with Gasteiger partial charge in [0.05, 0.1) is 11.4 Å². The van der Waals surface area contributed by atoms with Crippen LogP contribution in [0.4, 0.5) is 5.69 Å². The molecule has 0 aliphatic heterocycles. The lowest BCUT2D eigenvalue weighted by Gasteiger charge is -2.21. The summed E-state index contributed by atoms with van der Waals surface area (Å²) < 4.78 is 0. The van der Waals surface area contributed by atoms with E-state index in [-0.39, 0.29) is 5.41 Å². The molecule has 1 aromatic heterocycles. The Morgan fingerprint density at radius 3 is 1.98 bits per heavy atom. The van der Waals surface area contributed by atoms with Gasteiger partial charge in [0.25, 0.3) is 0 Å². The lowest BCUT2D eigenvalue weighted by atomic mass is 9.82. The van der Waals surface area contributed by atoms with Crippen molar-refractivity contribution in [2.75, 3.05) is 5.43 Å². The highest BCUT2D eigenvalue weighted by Crippen LogP contribution is 2.49. The number of hydrogen-bond acceptors (Lipinski definition) is 6. The van der Waals surface area contributed by atoms with Crippen molar-refractivity contribution >= 4 is 34.0 Å². The van der Waals surface area contributed by atoms with Crippen LogP contribution in [0.25, 0.3) is 62.1 Å². The van der Waals surface area contributed by atoms with E-state index >= 15 is 0 Å². The Morgan fingerprint density at radius 2 is 1.20 bits per heavy atom. The van der Waals surface area contributed by atoms with Crippen LogP contribution in [-0.4, -0.2) is 26.4 Å². The molecule has 6 nitrogen and oxygen atoms in total. The molecule has 0 unspecified atom stereocenters. The summed E-state index contributed by atoms with van der Waals surface area (Å²) in [5.41, 5.74) is 14.4. The van der Waals surface area contributed by atoms with Gasteiger partial charge in [-0.2, -0.15) is 5.10 Å². The van der Waals surface area contributed by atoms with Gasteiger partial charge in [0, 0.05) is 27.7 Å². The van der Waals surface area contributed by atoms with Crippen LogP contribution in [0.5, 0.6) is 0 Å². The molecule has 9 rings (SSSR count). The predicted octanol–water partition coefficient (Wildman–Crippen LogP) is 10.2. The smallest absolute Gasteiger partial charge is 0.164 e. The molecule has 7 aromatic rings. The second-order valence-corrected chi connectivity index (χ2v) is 13.3. The lowest BCUT2D eigenvalue weighted by molar-refractivity contribution is 0.660. The van der Waals surface area contributed by atoms with E-state index in [1.165, 1.54) is 22.3 Å². The van der Waals surface area contributed by atoms with E-state index in [0.29, 0.717) is 28.9 Å². The molecule has 1 heterocycles. The van der Waals surface area contributed by atoms with Crippen LogP contribution < -0.4 is 5.43 Å². The fraction of sp³-hybridized carbons (Fsp3) is 0.0682. The molecule has 0 atom stereocenters. The lowest BCUT2D eigenvalue weighted by Crippen LogP contribution is -2.18. The van der Waals surface area contributed by atoms with Gasteiger partial charge in [-0.05, 0) is 68.9 Å². The molecule has 0 spiro atoms. The zero-order valence-electron chi connectivity index (χ0n) is 27.6. The maximum absolute atomic E-state index is 9.22. The van der Waals surface area contributed by atoms with Gasteiger partial charge >= 0.3 is 0 Å². The molecule has 0 radical (unpaired) electrons. The minimum absolute atomic E-state index is 0.144. The highest BCUT2D eigenvalue weighted by atomic mass is 15.3. The SMILES string of the molecule is CC1(C)c2ccccc2-c2ccc(-c3nc(-c4ccccc4)nc(-c4ccc5ccc6c(c5c4)C(=N)/C(=N\Nc4ccccc4)C=C6)n3)cc21. The van der Waals surface area contributed by atoms with Gasteiger partial charge in [-0.3, -0.25) is 10.8 Å². The number of benzene rings is 6. The first-order valence-corrected chi connectivity index (χ1v) is 16.7. The summed E-state index contributed by atoms with van der Waals surface area (Å²) in [4.78, 5) is 15.2. The third-order valence-electron chi connectivity index (χ3n) is 9.83. The van der Waals surface area contributed by atoms with Gasteiger partial charge in [0.2, 0.25) is 0 Å². The third kappa shape index (κ3) is 4.92. The highest BCUT2D eigenvalue weighted by molar-refractivity contribution is 6.55. The van der Waals surface area contributed by atoms with Gasteiger partial charge in [-0.25, -0.2) is 15.0 Å². The first kappa shape index (κ1) is 29.6. The third-order valence-corrected chi connectivity index (χ3v) is 9.83. The molecule has 6 heteroatoms. The van der Waals surface area contributed by atoms with E-state index in [4.69, 9.17) is 15.0 Å². The number of aromatic nitrogens is 3. The van der Waals surface area contributed by atoms with E-state index in [1.54, 1.807) is 0 Å². The first-order chi connectivity index (χ1) is 24.4. The van der Waals surface area contributed by atoms with Crippen molar-refractivity contribution in [3.05, 3.63) is 162 Å². The Hall–Kier alpha value is -6.53. The zero-order valence-corrected chi connectivity index (χ0v) is 27.6. The Morgan fingerprint density at radius 1 is 0.580 bits per heavy atom. The summed E-state index contributed by atoms with van der Waals surface area (Å²) in [6.45, 7) is 4.57. The van der Waals surface area contributed by atoms with E-state index in [0.717, 1.165) is 44.3 Å². The molecule has 2 aliphatic carbocycles. The Bertz CT molecular complexity index is 2550. The quantitative estimate of drug-likeness (QED) is 0.183. The van der Waals surface area contributed by atoms with Crippen molar-refractivity contribution in [1.29, 1.82) is 5.41 Å². The second-order valence-electron chi connectivity index (χ2n) is 13.3. The predicted molar refractivity (Wildman–Crippen MR) is 205 cm³/mol. The number of fused-ring (bicyclic) bond motifs is 6. The van der Waals surface area contributed by atoms with Crippen LogP contribution >= 0.6 is 0 Å². The van der Waals surface area contributed by atoms with Gasteiger partial charge in [0.1, 0.15) is 5.71 Å². The van der Waals surface area contributed by atoms with E-state index in [1.807, 2.05) is 72.8 Å². The normalized spacial score (nSPS) is 14.8. The van der Waals surface area contributed by atoms with Crippen LogP contribution in [0.3, 0.4) is 0 Å². The van der Waals surface area contributed by atoms with Crippen molar-refractivity contribution in [3.63, 3.8) is 0 Å². The molecule has 6 aromatic carbocycles. The number of para-hydroxylation sites is 1. The molecule has 0 amide bonds. The van der Waals surface area contributed by atoms with E-state index < -0.39 is 0 Å². The molecule has 50 heavy (non-hydrogen) atoms. The Kier molecular flexibility index (Phi) is 6.85. The topological polar surface area (TPSA) is 86.9 Å². The van der Waals surface area contributed by atoms with Crippen LogP contribution in [0, 0.1) is 5.41 Å². The number of nitrogens with zero attached hydrogens (tertiary/aromatic N) is 4. The van der Waals surface area contributed by atoms with Gasteiger partial charge in [-0.15, -0.1) is 0 Å². The molecular weight excluding hydrogens is 613 g/mol. The Labute approximate surface area is 290 Å². The maximum Gasteiger partial charge on any atom is 0.164 e. The minimum Gasteiger partial charge on any atom is -0.298 e. The number of rotatable bonds is 5. The number of allylic oxidation sites excluding steroid dienone is 1. The summed E-state index contributed by atoms with van der Waals surface area (Å²) in [6, 6.07) is 45.4. The van der Waals surface area contributed by atoms with Crippen molar-refractivity contribution < 1.29 is 0 Å². The van der Waals surface area contributed by atoms with Gasteiger partial charge in [0.15, 0.2) is 17.5 Å². The maximum atomic E-state index is 9.22. The molecule has 2 aliphatic rings. The summed E-state index contributed by atoms with van der Waals surface area (Å²) in [7, 11) is 0. The average Bonchev–Trinajstić information content (AvgIpc) is 3.40. The van der Waals surface area contributed by atoms with Crippen LogP contribution in [0.15, 0.2) is 145 Å². The monoisotopic (exact) mass is 644 g/mol. The van der Waals surface area contributed by atoms with Crippen LogP contribution in [0.1, 0.15) is 36.1 Å². The molecule has 0 fully saturated rings. The summed E-state index contributed by atoms with van der Waals surface area (Å²) in [5, 5.41) is 15.8. The summed E-state index contributed by atoms with van der Waals surface area (Å²) in [6.07, 6.45) is 3.91. The molecular formula is C44H32N6. The number of hydrogen-bond donors (Lipinski definition) is 2. The largest absolute Gasteiger partial charge is 0.298 e. The standard InChI is InChI=1S/C44H32N6/c1-44(2)36-16-10-9-15-33(36)34-23-21-31(26-37(34)44)43-47-41(29-11-5-3-6-12-29)46-42(48-43)30-20-18-27-17-19-28-22-24-38(40(45)39(28)35(27)25-30)50-49-32-13-7-4-8-14-32/h3-26,45,49H,1-2H3/b45-40?,50-38-. The van der Waals surface area contributed by atoms with Crippen molar-refractivity contribution in [2.24, 2.45) is 5.10 Å². The minimum atomic E-state index is -0.144. The average molecular weight is 645 g/mol. The molecule has 0 bridgehead atoms. The fourth-order valence-electron chi connectivity index (χ4n) is 7.20. The molecule has 238 valence electrons. The first-order valence-electron chi connectivity index (χ1n) is 16.7. The van der Waals surface area contributed by atoms with Crippen molar-refractivity contribution in [2.45, 2.75) is 19.3 Å².